The zero-order chi connectivity index (χ0) is 15.5. The standard InChI is InChI=1S/C16H26BrNO3/c1-4-18-14(7-8-21-10-9-19-2)11-13-5-6-16(20-3)15(17)12-13/h5-6,12,14,18H,4,7-11H2,1-3H3. The third kappa shape index (κ3) is 7.27. The molecule has 0 amide bonds. The van der Waals surface area contributed by atoms with Gasteiger partial charge in [0, 0.05) is 19.8 Å². The largest absolute Gasteiger partial charge is 0.496 e. The van der Waals surface area contributed by atoms with Gasteiger partial charge in [0.25, 0.3) is 0 Å². The molecule has 1 aromatic rings. The molecule has 1 atom stereocenters. The van der Waals surface area contributed by atoms with E-state index in [1.54, 1.807) is 14.2 Å². The molecule has 0 bridgehead atoms. The molecule has 120 valence electrons. The Morgan fingerprint density at radius 1 is 1.19 bits per heavy atom. The van der Waals surface area contributed by atoms with Crippen molar-refractivity contribution in [1.29, 1.82) is 0 Å². The van der Waals surface area contributed by atoms with Crippen LogP contribution in [0.1, 0.15) is 18.9 Å². The molecule has 1 unspecified atom stereocenters. The highest BCUT2D eigenvalue weighted by Gasteiger charge is 2.10. The van der Waals surface area contributed by atoms with Crippen LogP contribution in [-0.4, -0.2) is 46.6 Å². The lowest BCUT2D eigenvalue weighted by molar-refractivity contribution is 0.0659. The number of halogens is 1. The second kappa shape index (κ2) is 11.0. The minimum Gasteiger partial charge on any atom is -0.496 e. The first-order chi connectivity index (χ1) is 10.2. The summed E-state index contributed by atoms with van der Waals surface area (Å²) in [6, 6.07) is 6.64. The molecule has 0 saturated carbocycles. The molecule has 4 nitrogen and oxygen atoms in total. The van der Waals surface area contributed by atoms with Gasteiger partial charge in [0.05, 0.1) is 24.8 Å². The van der Waals surface area contributed by atoms with Crippen molar-refractivity contribution in [2.75, 3.05) is 40.6 Å². The van der Waals surface area contributed by atoms with Gasteiger partial charge in [0.1, 0.15) is 5.75 Å². The molecular weight excluding hydrogens is 334 g/mol. The van der Waals surface area contributed by atoms with Gasteiger partial charge in [-0.15, -0.1) is 0 Å². The van der Waals surface area contributed by atoms with Crippen LogP contribution in [0.5, 0.6) is 5.75 Å². The fourth-order valence-corrected chi connectivity index (χ4v) is 2.74. The van der Waals surface area contributed by atoms with Crippen molar-refractivity contribution in [3.63, 3.8) is 0 Å². The van der Waals surface area contributed by atoms with Gasteiger partial charge in [0.15, 0.2) is 0 Å². The van der Waals surface area contributed by atoms with Crippen LogP contribution in [-0.2, 0) is 15.9 Å². The number of benzene rings is 1. The molecule has 0 aromatic heterocycles. The van der Waals surface area contributed by atoms with E-state index in [1.807, 2.05) is 6.07 Å². The van der Waals surface area contributed by atoms with Crippen LogP contribution in [0.25, 0.3) is 0 Å². The Morgan fingerprint density at radius 2 is 2.00 bits per heavy atom. The molecular formula is C16H26BrNO3. The number of rotatable bonds is 11. The van der Waals surface area contributed by atoms with Gasteiger partial charge in [-0.1, -0.05) is 13.0 Å². The molecule has 21 heavy (non-hydrogen) atoms. The SMILES string of the molecule is CCNC(CCOCCOC)Cc1ccc(OC)c(Br)c1. The molecule has 1 aromatic carbocycles. The maximum absolute atomic E-state index is 5.55. The first-order valence-electron chi connectivity index (χ1n) is 7.33. The zero-order valence-corrected chi connectivity index (χ0v) is 14.7. The zero-order valence-electron chi connectivity index (χ0n) is 13.2. The number of methoxy groups -OCH3 is 2. The average molecular weight is 360 g/mol. The van der Waals surface area contributed by atoms with E-state index >= 15 is 0 Å². The first-order valence-corrected chi connectivity index (χ1v) is 8.13. The third-order valence-electron chi connectivity index (χ3n) is 3.23. The molecule has 0 saturated heterocycles. The topological polar surface area (TPSA) is 39.7 Å². The van der Waals surface area contributed by atoms with E-state index in [0.29, 0.717) is 19.3 Å². The average Bonchev–Trinajstić information content (AvgIpc) is 2.47. The van der Waals surface area contributed by atoms with Gasteiger partial charge in [-0.05, 0) is 53.0 Å². The van der Waals surface area contributed by atoms with Gasteiger partial charge in [-0.2, -0.15) is 0 Å². The van der Waals surface area contributed by atoms with E-state index in [1.165, 1.54) is 5.56 Å². The Morgan fingerprint density at radius 3 is 2.62 bits per heavy atom. The van der Waals surface area contributed by atoms with Crippen LogP contribution >= 0.6 is 15.9 Å². The molecule has 0 fully saturated rings. The molecule has 0 spiro atoms. The Kier molecular flexibility index (Phi) is 9.67. The van der Waals surface area contributed by atoms with E-state index in [4.69, 9.17) is 14.2 Å². The van der Waals surface area contributed by atoms with Gasteiger partial charge in [-0.25, -0.2) is 0 Å². The Balaban J connectivity index is 2.47. The lowest BCUT2D eigenvalue weighted by Gasteiger charge is -2.18. The summed E-state index contributed by atoms with van der Waals surface area (Å²) < 4.78 is 16.8. The predicted molar refractivity (Wildman–Crippen MR) is 89.2 cm³/mol. The molecule has 1 rings (SSSR count). The Bertz CT molecular complexity index is 401. The van der Waals surface area contributed by atoms with E-state index < -0.39 is 0 Å². The van der Waals surface area contributed by atoms with Gasteiger partial charge in [0.2, 0.25) is 0 Å². The number of nitrogens with one attached hydrogen (secondary N) is 1. The summed E-state index contributed by atoms with van der Waals surface area (Å²) in [5, 5.41) is 3.51. The molecule has 1 N–H and O–H groups in total. The van der Waals surface area contributed by atoms with Gasteiger partial charge in [-0.3, -0.25) is 0 Å². The molecule has 5 heteroatoms. The minimum atomic E-state index is 0.415. The van der Waals surface area contributed by atoms with Crippen molar-refractivity contribution in [3.8, 4) is 5.75 Å². The fourth-order valence-electron chi connectivity index (χ4n) is 2.16. The van der Waals surface area contributed by atoms with Crippen LogP contribution < -0.4 is 10.1 Å². The monoisotopic (exact) mass is 359 g/mol. The van der Waals surface area contributed by atoms with Crippen LogP contribution in [0.2, 0.25) is 0 Å². The van der Waals surface area contributed by atoms with Crippen LogP contribution in [0.4, 0.5) is 0 Å². The normalized spacial score (nSPS) is 12.4. The number of ether oxygens (including phenoxy) is 3. The van der Waals surface area contributed by atoms with Crippen LogP contribution in [0.3, 0.4) is 0 Å². The highest BCUT2D eigenvalue weighted by molar-refractivity contribution is 9.10. The first kappa shape index (κ1) is 18.4. The lowest BCUT2D eigenvalue weighted by Crippen LogP contribution is -2.32. The van der Waals surface area contributed by atoms with Crippen molar-refractivity contribution in [2.45, 2.75) is 25.8 Å². The van der Waals surface area contributed by atoms with Crippen molar-refractivity contribution in [3.05, 3.63) is 28.2 Å². The molecule has 0 radical (unpaired) electrons. The maximum Gasteiger partial charge on any atom is 0.133 e. The summed E-state index contributed by atoms with van der Waals surface area (Å²) in [5.74, 6) is 0.863. The van der Waals surface area contributed by atoms with E-state index in [0.717, 1.165) is 36.2 Å². The highest BCUT2D eigenvalue weighted by atomic mass is 79.9. The number of likely N-dealkylation sites (N-methyl/N-ethyl adjacent to an activating group) is 1. The molecule has 0 aliphatic carbocycles. The van der Waals surface area contributed by atoms with Crippen molar-refractivity contribution in [1.82, 2.24) is 5.32 Å². The van der Waals surface area contributed by atoms with Crippen LogP contribution in [0, 0.1) is 0 Å². The Hall–Kier alpha value is -0.620. The van der Waals surface area contributed by atoms with E-state index in [2.05, 4.69) is 40.3 Å². The fraction of sp³-hybridized carbons (Fsp3) is 0.625. The second-order valence-electron chi connectivity index (χ2n) is 4.82. The van der Waals surface area contributed by atoms with Crippen molar-refractivity contribution >= 4 is 15.9 Å². The van der Waals surface area contributed by atoms with E-state index in [9.17, 15) is 0 Å². The van der Waals surface area contributed by atoms with Crippen LogP contribution in [0.15, 0.2) is 22.7 Å². The molecule has 0 aliphatic rings. The Labute approximate surface area is 136 Å². The van der Waals surface area contributed by atoms with Gasteiger partial charge >= 0.3 is 0 Å². The second-order valence-corrected chi connectivity index (χ2v) is 5.68. The summed E-state index contributed by atoms with van der Waals surface area (Å²) in [6.45, 7) is 5.14. The molecule has 0 heterocycles. The van der Waals surface area contributed by atoms with E-state index in [-0.39, 0.29) is 0 Å². The third-order valence-corrected chi connectivity index (χ3v) is 3.85. The molecule has 0 aliphatic heterocycles. The predicted octanol–water partition coefficient (Wildman–Crippen LogP) is 3.03. The van der Waals surface area contributed by atoms with Crippen molar-refractivity contribution in [2.24, 2.45) is 0 Å². The van der Waals surface area contributed by atoms with Crippen molar-refractivity contribution < 1.29 is 14.2 Å². The minimum absolute atomic E-state index is 0.415. The summed E-state index contributed by atoms with van der Waals surface area (Å²) in [6.07, 6.45) is 1.96. The number of hydrogen-bond donors (Lipinski definition) is 1. The quantitative estimate of drug-likeness (QED) is 0.616. The summed E-state index contributed by atoms with van der Waals surface area (Å²) in [5.41, 5.74) is 1.28. The summed E-state index contributed by atoms with van der Waals surface area (Å²) >= 11 is 3.53. The van der Waals surface area contributed by atoms with Gasteiger partial charge < -0.3 is 19.5 Å². The smallest absolute Gasteiger partial charge is 0.133 e. The lowest BCUT2D eigenvalue weighted by atomic mass is 10.0. The highest BCUT2D eigenvalue weighted by Crippen LogP contribution is 2.26. The number of hydrogen-bond acceptors (Lipinski definition) is 4. The summed E-state index contributed by atoms with van der Waals surface area (Å²) in [4.78, 5) is 0. The summed E-state index contributed by atoms with van der Waals surface area (Å²) in [7, 11) is 3.37. The maximum atomic E-state index is 5.55.